The molecule has 2 aromatic rings. The minimum Gasteiger partial charge on any atom is -0.294 e. The number of nitrogens with zero attached hydrogens (tertiary/aromatic N) is 4. The first-order valence-corrected chi connectivity index (χ1v) is 10.0. The van der Waals surface area contributed by atoms with Gasteiger partial charge in [0.05, 0.1) is 23.2 Å². The second-order valence-corrected chi connectivity index (χ2v) is 7.56. The maximum atomic E-state index is 13.1. The second kappa shape index (κ2) is 8.53. The van der Waals surface area contributed by atoms with Crippen molar-refractivity contribution in [2.75, 3.05) is 19.6 Å². The van der Waals surface area contributed by atoms with Gasteiger partial charge in [-0.2, -0.15) is 5.10 Å². The fraction of sp³-hybridized carbons (Fsp3) is 0.364. The van der Waals surface area contributed by atoms with E-state index in [0.717, 1.165) is 42.8 Å². The summed E-state index contributed by atoms with van der Waals surface area (Å²) in [4.78, 5) is 25.9. The third-order valence-electron chi connectivity index (χ3n) is 5.57. The Labute approximate surface area is 169 Å². The molecule has 2 aromatic carbocycles. The maximum Gasteiger partial charge on any atom is 0.269 e. The predicted octanol–water partition coefficient (Wildman–Crippen LogP) is 3.76. The molecular formula is C22H24N4O3. The quantitative estimate of drug-likeness (QED) is 0.573. The molecule has 150 valence electrons. The zero-order valence-electron chi connectivity index (χ0n) is 16.2. The third kappa shape index (κ3) is 4.35. The predicted molar refractivity (Wildman–Crippen MR) is 111 cm³/mol. The molecule has 4 rings (SSSR count). The summed E-state index contributed by atoms with van der Waals surface area (Å²) in [6.45, 7) is 2.24. The highest BCUT2D eigenvalue weighted by Crippen LogP contribution is 2.33. The van der Waals surface area contributed by atoms with Gasteiger partial charge in [0.2, 0.25) is 0 Å². The number of hydrogen-bond donors (Lipinski definition) is 0. The Morgan fingerprint density at radius 3 is 2.38 bits per heavy atom. The Kier molecular flexibility index (Phi) is 5.67. The largest absolute Gasteiger partial charge is 0.294 e. The van der Waals surface area contributed by atoms with Crippen LogP contribution in [0.5, 0.6) is 0 Å². The molecule has 1 saturated heterocycles. The molecule has 7 nitrogen and oxygen atoms in total. The molecule has 0 saturated carbocycles. The van der Waals surface area contributed by atoms with Crippen LogP contribution in [0.25, 0.3) is 0 Å². The van der Waals surface area contributed by atoms with E-state index in [4.69, 9.17) is 0 Å². The molecule has 2 heterocycles. The van der Waals surface area contributed by atoms with Crippen molar-refractivity contribution in [2.45, 2.75) is 31.7 Å². The van der Waals surface area contributed by atoms with Crippen molar-refractivity contribution in [3.63, 3.8) is 0 Å². The lowest BCUT2D eigenvalue weighted by atomic mass is 9.98. The molecule has 2 aliphatic rings. The fourth-order valence-electron chi connectivity index (χ4n) is 4.00. The number of benzene rings is 2. The van der Waals surface area contributed by atoms with E-state index >= 15 is 0 Å². The van der Waals surface area contributed by atoms with Crippen molar-refractivity contribution in [3.8, 4) is 0 Å². The van der Waals surface area contributed by atoms with Crippen LogP contribution < -0.4 is 0 Å². The van der Waals surface area contributed by atoms with E-state index in [2.05, 4.69) is 10.0 Å². The molecule has 0 radical (unpaired) electrons. The molecule has 0 N–H and O–H groups in total. The number of hydrazone groups is 1. The molecule has 0 bridgehead atoms. The van der Waals surface area contributed by atoms with E-state index < -0.39 is 4.92 Å². The van der Waals surface area contributed by atoms with Gasteiger partial charge in [-0.25, -0.2) is 5.01 Å². The minimum absolute atomic E-state index is 0.0267. The Morgan fingerprint density at radius 1 is 1.03 bits per heavy atom. The Bertz CT molecular complexity index is 905. The lowest BCUT2D eigenvalue weighted by molar-refractivity contribution is -0.384. The Morgan fingerprint density at radius 2 is 1.72 bits per heavy atom. The smallest absolute Gasteiger partial charge is 0.269 e. The van der Waals surface area contributed by atoms with Gasteiger partial charge in [0.25, 0.3) is 11.6 Å². The van der Waals surface area contributed by atoms with Crippen LogP contribution in [0, 0.1) is 10.1 Å². The molecule has 1 fully saturated rings. The van der Waals surface area contributed by atoms with E-state index in [0.29, 0.717) is 13.0 Å². The van der Waals surface area contributed by atoms with Crippen molar-refractivity contribution in [3.05, 3.63) is 75.8 Å². The zero-order valence-corrected chi connectivity index (χ0v) is 16.2. The number of amides is 1. The molecule has 0 spiro atoms. The third-order valence-corrected chi connectivity index (χ3v) is 5.57. The maximum absolute atomic E-state index is 13.1. The van der Waals surface area contributed by atoms with E-state index in [9.17, 15) is 14.9 Å². The van der Waals surface area contributed by atoms with Crippen LogP contribution in [0.3, 0.4) is 0 Å². The summed E-state index contributed by atoms with van der Waals surface area (Å²) in [6, 6.07) is 16.0. The average Bonchev–Trinajstić information content (AvgIpc) is 3.21. The second-order valence-electron chi connectivity index (χ2n) is 7.56. The van der Waals surface area contributed by atoms with E-state index in [-0.39, 0.29) is 17.6 Å². The fourth-order valence-corrected chi connectivity index (χ4v) is 4.00. The number of hydrogen-bond acceptors (Lipinski definition) is 5. The van der Waals surface area contributed by atoms with E-state index in [1.165, 1.54) is 18.6 Å². The molecule has 29 heavy (non-hydrogen) atoms. The van der Waals surface area contributed by atoms with Gasteiger partial charge in [0.1, 0.15) is 0 Å². The van der Waals surface area contributed by atoms with Gasteiger partial charge in [-0.3, -0.25) is 19.8 Å². The first-order valence-electron chi connectivity index (χ1n) is 10.0. The summed E-state index contributed by atoms with van der Waals surface area (Å²) < 4.78 is 0. The number of nitro benzene ring substituents is 1. The van der Waals surface area contributed by atoms with Crippen molar-refractivity contribution >= 4 is 17.3 Å². The summed E-state index contributed by atoms with van der Waals surface area (Å²) >= 11 is 0. The number of rotatable bonds is 5. The number of nitro groups is 1. The minimum atomic E-state index is -0.413. The Hall–Kier alpha value is -3.06. The van der Waals surface area contributed by atoms with Crippen LogP contribution >= 0.6 is 0 Å². The van der Waals surface area contributed by atoms with Gasteiger partial charge in [0.15, 0.2) is 0 Å². The molecule has 0 aromatic heterocycles. The van der Waals surface area contributed by atoms with E-state index in [1.807, 2.05) is 30.3 Å². The molecule has 0 aliphatic carbocycles. The van der Waals surface area contributed by atoms with E-state index in [1.54, 1.807) is 17.1 Å². The van der Waals surface area contributed by atoms with Gasteiger partial charge >= 0.3 is 0 Å². The van der Waals surface area contributed by atoms with Gasteiger partial charge in [-0.15, -0.1) is 0 Å². The molecule has 1 amide bonds. The topological polar surface area (TPSA) is 79.0 Å². The normalized spacial score (nSPS) is 19.8. The first-order chi connectivity index (χ1) is 14.1. The van der Waals surface area contributed by atoms with Crippen LogP contribution in [-0.2, 0) is 4.79 Å². The monoisotopic (exact) mass is 392 g/mol. The number of carbonyl (C=O) groups is 1. The highest BCUT2D eigenvalue weighted by atomic mass is 16.6. The van der Waals surface area contributed by atoms with Crippen LogP contribution in [0.15, 0.2) is 59.7 Å². The van der Waals surface area contributed by atoms with Crippen molar-refractivity contribution in [1.82, 2.24) is 9.91 Å². The standard InChI is InChI=1S/C22H24N4O3/c27-22(16-24-13-5-2-6-14-24)25-21(18-9-11-19(12-10-18)26(28)29)15-20(23-25)17-7-3-1-4-8-17/h1,3-4,7-12,21H,2,5-6,13-16H2. The van der Waals surface area contributed by atoms with Crippen molar-refractivity contribution in [1.29, 1.82) is 0 Å². The van der Waals surface area contributed by atoms with Crippen LogP contribution in [-0.4, -0.2) is 46.1 Å². The molecule has 1 atom stereocenters. The van der Waals surface area contributed by atoms with Crippen molar-refractivity contribution < 1.29 is 9.72 Å². The highest BCUT2D eigenvalue weighted by Gasteiger charge is 2.34. The van der Waals surface area contributed by atoms with Gasteiger partial charge in [-0.05, 0) is 37.1 Å². The Balaban J connectivity index is 1.59. The zero-order chi connectivity index (χ0) is 20.2. The molecule has 7 heteroatoms. The lowest BCUT2D eigenvalue weighted by Gasteiger charge is -2.29. The summed E-state index contributed by atoms with van der Waals surface area (Å²) in [5.41, 5.74) is 2.76. The van der Waals surface area contributed by atoms with Gasteiger partial charge in [-0.1, -0.05) is 48.9 Å². The number of piperidine rings is 1. The first kappa shape index (κ1) is 19.3. The van der Waals surface area contributed by atoms with Crippen molar-refractivity contribution in [2.24, 2.45) is 5.10 Å². The number of likely N-dealkylation sites (tertiary alicyclic amines) is 1. The number of carbonyl (C=O) groups excluding carboxylic acids is 1. The highest BCUT2D eigenvalue weighted by molar-refractivity contribution is 6.03. The summed E-state index contributed by atoms with van der Waals surface area (Å²) in [5, 5.41) is 17.2. The lowest BCUT2D eigenvalue weighted by Crippen LogP contribution is -2.40. The van der Waals surface area contributed by atoms with Gasteiger partial charge in [0, 0.05) is 18.6 Å². The van der Waals surface area contributed by atoms with Crippen LogP contribution in [0.2, 0.25) is 0 Å². The van der Waals surface area contributed by atoms with Gasteiger partial charge < -0.3 is 0 Å². The molecular weight excluding hydrogens is 368 g/mol. The molecule has 1 unspecified atom stereocenters. The average molecular weight is 392 g/mol. The van der Waals surface area contributed by atoms with Crippen LogP contribution in [0.4, 0.5) is 5.69 Å². The summed E-state index contributed by atoms with van der Waals surface area (Å²) in [7, 11) is 0. The van der Waals surface area contributed by atoms with Crippen LogP contribution in [0.1, 0.15) is 42.9 Å². The number of non-ortho nitro benzene ring substituents is 1. The summed E-state index contributed by atoms with van der Waals surface area (Å²) in [5.74, 6) is -0.0267. The molecule has 2 aliphatic heterocycles. The SMILES string of the molecule is O=C(CN1CCCCC1)N1N=C(c2ccccc2)CC1c1ccc([N+](=O)[O-])cc1. The summed E-state index contributed by atoms with van der Waals surface area (Å²) in [6.07, 6.45) is 4.05.